The van der Waals surface area contributed by atoms with Gasteiger partial charge in [-0.3, -0.25) is 9.59 Å². The van der Waals surface area contributed by atoms with Gasteiger partial charge in [0.15, 0.2) is 16.7 Å². The molecule has 0 saturated heterocycles. The number of hydrogen-bond acceptors (Lipinski definition) is 4. The molecule has 0 aliphatic heterocycles. The molecule has 2 unspecified atom stereocenters. The molecule has 0 aliphatic carbocycles. The maximum Gasteiger partial charge on any atom is 0.312 e. The number of hydrogen-bond donors (Lipinski definition) is 1. The zero-order chi connectivity index (χ0) is 12.0. The molecule has 0 aromatic carbocycles. The highest BCUT2D eigenvalue weighted by Crippen LogP contribution is 2.15. The Morgan fingerprint density at radius 2 is 1.93 bits per heavy atom. The number of carbonyl (C=O) groups is 2. The summed E-state index contributed by atoms with van der Waals surface area (Å²) in [5.41, 5.74) is 0. The zero-order valence-electron chi connectivity index (χ0n) is 8.57. The first-order chi connectivity index (χ1) is 6.93. The smallest absolute Gasteiger partial charge is 0.312 e. The Kier molecular flexibility index (Phi) is 6.89. The SMILES string of the molecule is CCC(CO)C(=O)OC(C(C)=O)C(Cl)Cl. The molecule has 0 heterocycles. The maximum absolute atomic E-state index is 11.4. The molecule has 0 saturated carbocycles. The normalized spacial score (nSPS) is 14.8. The van der Waals surface area contributed by atoms with Gasteiger partial charge in [-0.25, -0.2) is 0 Å². The minimum atomic E-state index is -1.17. The van der Waals surface area contributed by atoms with Crippen LogP contribution >= 0.6 is 23.2 Å². The molecular formula is C9H14Cl2O4. The van der Waals surface area contributed by atoms with Gasteiger partial charge in [0.2, 0.25) is 0 Å². The summed E-state index contributed by atoms with van der Waals surface area (Å²) in [6, 6.07) is 0. The van der Waals surface area contributed by atoms with Crippen LogP contribution in [0, 0.1) is 5.92 Å². The van der Waals surface area contributed by atoms with Crippen molar-refractivity contribution in [3.8, 4) is 0 Å². The number of ether oxygens (including phenoxy) is 1. The van der Waals surface area contributed by atoms with Gasteiger partial charge in [0, 0.05) is 0 Å². The second-order valence-electron chi connectivity index (χ2n) is 3.09. The van der Waals surface area contributed by atoms with E-state index in [0.29, 0.717) is 6.42 Å². The molecule has 0 bridgehead atoms. The van der Waals surface area contributed by atoms with E-state index in [-0.39, 0.29) is 6.61 Å². The molecule has 15 heavy (non-hydrogen) atoms. The van der Waals surface area contributed by atoms with Crippen LogP contribution in [0.3, 0.4) is 0 Å². The molecule has 0 amide bonds. The molecule has 0 radical (unpaired) electrons. The van der Waals surface area contributed by atoms with Crippen LogP contribution < -0.4 is 0 Å². The first kappa shape index (κ1) is 14.7. The fourth-order valence-electron chi connectivity index (χ4n) is 0.904. The minimum absolute atomic E-state index is 0.324. The van der Waals surface area contributed by atoms with Crippen LogP contribution in [0.25, 0.3) is 0 Å². The number of aliphatic hydroxyl groups excluding tert-OH is 1. The van der Waals surface area contributed by atoms with E-state index in [1.54, 1.807) is 6.92 Å². The van der Waals surface area contributed by atoms with Crippen molar-refractivity contribution in [3.05, 3.63) is 0 Å². The average molecular weight is 257 g/mol. The lowest BCUT2D eigenvalue weighted by atomic mass is 10.1. The molecule has 0 aliphatic rings. The van der Waals surface area contributed by atoms with Gasteiger partial charge in [-0.1, -0.05) is 6.92 Å². The Balaban J connectivity index is 4.41. The lowest BCUT2D eigenvalue weighted by molar-refractivity contribution is -0.159. The predicted octanol–water partition coefficient (Wildman–Crippen LogP) is 1.31. The third kappa shape index (κ3) is 4.82. The largest absolute Gasteiger partial charge is 0.451 e. The number of ketones is 1. The highest BCUT2D eigenvalue weighted by molar-refractivity contribution is 6.45. The average Bonchev–Trinajstić information content (AvgIpc) is 2.15. The molecular weight excluding hydrogens is 243 g/mol. The number of rotatable bonds is 6. The Bertz CT molecular complexity index is 226. The molecule has 1 N–H and O–H groups in total. The van der Waals surface area contributed by atoms with Crippen LogP contribution in [0.5, 0.6) is 0 Å². The third-order valence-corrected chi connectivity index (χ3v) is 2.38. The molecule has 88 valence electrons. The summed E-state index contributed by atoms with van der Waals surface area (Å²) in [5, 5.41) is 8.83. The van der Waals surface area contributed by atoms with Crippen molar-refractivity contribution in [2.75, 3.05) is 6.61 Å². The van der Waals surface area contributed by atoms with E-state index in [1.165, 1.54) is 6.92 Å². The van der Waals surface area contributed by atoms with Crippen LogP contribution in [-0.2, 0) is 14.3 Å². The van der Waals surface area contributed by atoms with Crippen LogP contribution in [0.2, 0.25) is 0 Å². The summed E-state index contributed by atoms with van der Waals surface area (Å²) in [6.07, 6.45) is -0.740. The van der Waals surface area contributed by atoms with Crippen LogP contribution in [0.4, 0.5) is 0 Å². The van der Waals surface area contributed by atoms with Crippen molar-refractivity contribution in [2.45, 2.75) is 31.2 Å². The summed E-state index contributed by atoms with van der Waals surface area (Å²) in [6.45, 7) is 2.63. The molecule has 0 spiro atoms. The fourth-order valence-corrected chi connectivity index (χ4v) is 1.36. The van der Waals surface area contributed by atoms with E-state index < -0.39 is 28.6 Å². The van der Waals surface area contributed by atoms with Gasteiger partial charge in [-0.05, 0) is 13.3 Å². The molecule has 4 nitrogen and oxygen atoms in total. The lowest BCUT2D eigenvalue weighted by Gasteiger charge is -2.18. The molecule has 0 aromatic rings. The summed E-state index contributed by atoms with van der Waals surface area (Å²) < 4.78 is 4.80. The zero-order valence-corrected chi connectivity index (χ0v) is 10.1. The Morgan fingerprint density at radius 1 is 1.40 bits per heavy atom. The first-order valence-corrected chi connectivity index (χ1v) is 5.41. The topological polar surface area (TPSA) is 63.6 Å². The number of aliphatic hydroxyl groups is 1. The number of Topliss-reactive ketones (excluding diaryl/α,β-unsaturated/α-hetero) is 1. The number of halogens is 2. The Morgan fingerprint density at radius 3 is 2.20 bits per heavy atom. The van der Waals surface area contributed by atoms with Crippen molar-refractivity contribution in [1.82, 2.24) is 0 Å². The highest BCUT2D eigenvalue weighted by Gasteiger charge is 2.28. The summed E-state index contributed by atoms with van der Waals surface area (Å²) in [4.78, 5) is 21.3. The molecule has 2 atom stereocenters. The molecule has 0 aromatic heterocycles. The van der Waals surface area contributed by atoms with Crippen LogP contribution in [0.1, 0.15) is 20.3 Å². The Hall–Kier alpha value is -0.320. The van der Waals surface area contributed by atoms with Crippen molar-refractivity contribution in [1.29, 1.82) is 0 Å². The summed E-state index contributed by atoms with van der Waals surface area (Å²) in [5.74, 6) is -1.73. The monoisotopic (exact) mass is 256 g/mol. The van der Waals surface area contributed by atoms with E-state index in [1.807, 2.05) is 0 Å². The second-order valence-corrected chi connectivity index (χ2v) is 4.25. The van der Waals surface area contributed by atoms with E-state index >= 15 is 0 Å². The van der Waals surface area contributed by atoms with Gasteiger partial charge in [-0.15, -0.1) is 23.2 Å². The van der Waals surface area contributed by atoms with Crippen LogP contribution in [0.15, 0.2) is 0 Å². The number of carbonyl (C=O) groups excluding carboxylic acids is 2. The summed E-state index contributed by atoms with van der Waals surface area (Å²) in [7, 11) is 0. The second kappa shape index (κ2) is 7.04. The van der Waals surface area contributed by atoms with Gasteiger partial charge in [0.25, 0.3) is 0 Å². The van der Waals surface area contributed by atoms with Crippen molar-refractivity contribution in [3.63, 3.8) is 0 Å². The van der Waals surface area contributed by atoms with Gasteiger partial charge in [-0.2, -0.15) is 0 Å². The highest BCUT2D eigenvalue weighted by atomic mass is 35.5. The van der Waals surface area contributed by atoms with E-state index in [4.69, 9.17) is 33.0 Å². The predicted molar refractivity (Wildman–Crippen MR) is 56.9 cm³/mol. The fraction of sp³-hybridized carbons (Fsp3) is 0.778. The van der Waals surface area contributed by atoms with Gasteiger partial charge >= 0.3 is 5.97 Å². The minimum Gasteiger partial charge on any atom is -0.451 e. The van der Waals surface area contributed by atoms with Crippen molar-refractivity contribution in [2.24, 2.45) is 5.92 Å². The third-order valence-electron chi connectivity index (χ3n) is 1.92. The van der Waals surface area contributed by atoms with Gasteiger partial charge < -0.3 is 9.84 Å². The lowest BCUT2D eigenvalue weighted by Crippen LogP contribution is -2.34. The van der Waals surface area contributed by atoms with E-state index in [0.717, 1.165) is 0 Å². The van der Waals surface area contributed by atoms with E-state index in [9.17, 15) is 9.59 Å². The van der Waals surface area contributed by atoms with Crippen molar-refractivity contribution >= 4 is 35.0 Å². The quantitative estimate of drug-likeness (QED) is 0.575. The maximum atomic E-state index is 11.4. The van der Waals surface area contributed by atoms with Gasteiger partial charge in [0.1, 0.15) is 0 Å². The Labute approximate surface area is 98.5 Å². The number of esters is 1. The molecule has 6 heteroatoms. The first-order valence-electron chi connectivity index (χ1n) is 4.54. The van der Waals surface area contributed by atoms with Crippen molar-refractivity contribution < 1.29 is 19.4 Å². The van der Waals surface area contributed by atoms with Crippen LogP contribution in [-0.4, -0.2) is 34.4 Å². The number of alkyl halides is 2. The standard InChI is InChI=1S/C9H14Cl2O4/c1-3-6(4-12)9(14)15-7(5(2)13)8(10)11/h6-8,12H,3-4H2,1-2H3. The molecule has 0 fully saturated rings. The molecule has 0 rings (SSSR count). The summed E-state index contributed by atoms with van der Waals surface area (Å²) >= 11 is 11.0. The van der Waals surface area contributed by atoms with Gasteiger partial charge in [0.05, 0.1) is 12.5 Å². The van der Waals surface area contributed by atoms with E-state index in [2.05, 4.69) is 0 Å².